The lowest BCUT2D eigenvalue weighted by Crippen LogP contribution is -2.37. The van der Waals surface area contributed by atoms with Crippen molar-refractivity contribution in [1.82, 2.24) is 4.98 Å². The average molecular weight is 298 g/mol. The van der Waals surface area contributed by atoms with Crippen LogP contribution in [0.1, 0.15) is 23.5 Å². The second kappa shape index (κ2) is 4.70. The van der Waals surface area contributed by atoms with Gasteiger partial charge in [-0.1, -0.05) is 24.3 Å². The third-order valence-electron chi connectivity index (χ3n) is 4.38. The van der Waals surface area contributed by atoms with Crippen LogP contribution in [0.2, 0.25) is 0 Å². The molecule has 0 spiro atoms. The lowest BCUT2D eigenvalue weighted by Gasteiger charge is -2.31. The molecule has 1 aliphatic heterocycles. The van der Waals surface area contributed by atoms with Gasteiger partial charge in [-0.05, 0) is 24.0 Å². The summed E-state index contributed by atoms with van der Waals surface area (Å²) in [5.74, 6) is -0.185. The fourth-order valence-electron chi connectivity index (χ4n) is 3.52. The van der Waals surface area contributed by atoms with Crippen LogP contribution in [-0.4, -0.2) is 22.0 Å². The first-order valence-electron chi connectivity index (χ1n) is 6.96. The number of hydrogen-bond acceptors (Lipinski definition) is 4. The molecule has 1 aromatic heterocycles. The van der Waals surface area contributed by atoms with Crippen molar-refractivity contribution in [2.75, 3.05) is 4.90 Å². The molecule has 0 saturated carbocycles. The molecule has 2 heterocycles. The van der Waals surface area contributed by atoms with E-state index in [1.54, 1.807) is 11.1 Å². The maximum Gasteiger partial charge on any atom is 0.260 e. The summed E-state index contributed by atoms with van der Waals surface area (Å²) < 4.78 is 0. The minimum absolute atomic E-state index is 0.0527. The Morgan fingerprint density at radius 1 is 1.38 bits per heavy atom. The molecule has 1 saturated heterocycles. The predicted octanol–water partition coefficient (Wildman–Crippen LogP) is 3.03. The summed E-state index contributed by atoms with van der Waals surface area (Å²) in [5, 5.41) is 12.2. The molecule has 1 amide bonds. The van der Waals surface area contributed by atoms with Gasteiger partial charge < -0.3 is 5.11 Å². The quantitative estimate of drug-likeness (QED) is 0.650. The summed E-state index contributed by atoms with van der Waals surface area (Å²) in [7, 11) is 0. The smallest absolute Gasteiger partial charge is 0.260 e. The van der Waals surface area contributed by atoms with Crippen molar-refractivity contribution in [3.8, 4) is 0 Å². The van der Waals surface area contributed by atoms with Gasteiger partial charge >= 0.3 is 0 Å². The number of fused-ring (bicyclic) bond motifs is 3. The Balaban J connectivity index is 1.86. The van der Waals surface area contributed by atoms with E-state index < -0.39 is 0 Å². The molecule has 5 heteroatoms. The van der Waals surface area contributed by atoms with E-state index in [2.05, 4.69) is 17.1 Å². The van der Waals surface area contributed by atoms with Crippen molar-refractivity contribution in [3.05, 3.63) is 58.8 Å². The molecule has 2 unspecified atom stereocenters. The molecule has 1 aromatic carbocycles. The number of carbonyl (C=O) groups is 1. The lowest BCUT2D eigenvalue weighted by atomic mass is 9.78. The Morgan fingerprint density at radius 3 is 3.00 bits per heavy atom. The maximum atomic E-state index is 12.7. The van der Waals surface area contributed by atoms with Gasteiger partial charge in [0, 0.05) is 17.5 Å². The summed E-state index contributed by atoms with van der Waals surface area (Å²) in [6.45, 7) is 0. The van der Waals surface area contributed by atoms with Crippen molar-refractivity contribution in [1.29, 1.82) is 0 Å². The van der Waals surface area contributed by atoms with Crippen LogP contribution in [0.15, 0.2) is 47.7 Å². The van der Waals surface area contributed by atoms with Gasteiger partial charge in [-0.2, -0.15) is 0 Å². The third-order valence-corrected chi connectivity index (χ3v) is 5.15. The van der Waals surface area contributed by atoms with Crippen LogP contribution in [0, 0.1) is 0 Å². The molecule has 1 N–H and O–H groups in total. The first-order valence-corrected chi connectivity index (χ1v) is 7.84. The highest BCUT2D eigenvalue weighted by molar-refractivity contribution is 7.13. The molecular formula is C16H14N2O2S. The van der Waals surface area contributed by atoms with Crippen LogP contribution in [0.4, 0.5) is 5.13 Å². The molecule has 2 aromatic rings. The van der Waals surface area contributed by atoms with Crippen molar-refractivity contribution >= 4 is 22.4 Å². The number of carbonyl (C=O) groups excluding carboxylic acids is 1. The van der Waals surface area contributed by atoms with Gasteiger partial charge in [-0.15, -0.1) is 11.3 Å². The van der Waals surface area contributed by atoms with E-state index in [1.807, 2.05) is 17.5 Å². The molecule has 4 nitrogen and oxygen atoms in total. The van der Waals surface area contributed by atoms with Crippen LogP contribution in [0.25, 0.3) is 0 Å². The van der Waals surface area contributed by atoms with E-state index in [9.17, 15) is 9.90 Å². The van der Waals surface area contributed by atoms with Crippen LogP contribution < -0.4 is 4.90 Å². The highest BCUT2D eigenvalue weighted by Crippen LogP contribution is 2.46. The molecule has 2 atom stereocenters. The highest BCUT2D eigenvalue weighted by atomic mass is 32.1. The van der Waals surface area contributed by atoms with Gasteiger partial charge in [0.1, 0.15) is 0 Å². The number of benzene rings is 1. The summed E-state index contributed by atoms with van der Waals surface area (Å²) in [4.78, 5) is 18.7. The fraction of sp³-hybridized carbons (Fsp3) is 0.250. The van der Waals surface area contributed by atoms with Gasteiger partial charge in [0.25, 0.3) is 5.91 Å². The number of hydrogen-bond donors (Lipinski definition) is 1. The molecule has 0 bridgehead atoms. The predicted molar refractivity (Wildman–Crippen MR) is 81.6 cm³/mol. The summed E-state index contributed by atoms with van der Waals surface area (Å²) in [6, 6.07) is 8.24. The monoisotopic (exact) mass is 298 g/mol. The zero-order valence-electron chi connectivity index (χ0n) is 11.3. The summed E-state index contributed by atoms with van der Waals surface area (Å²) in [5.41, 5.74) is 2.90. The normalized spacial score (nSPS) is 26.0. The van der Waals surface area contributed by atoms with Crippen molar-refractivity contribution < 1.29 is 9.90 Å². The number of aliphatic hydroxyl groups excluding tert-OH is 1. The van der Waals surface area contributed by atoms with E-state index in [0.717, 1.165) is 24.7 Å². The Hall–Kier alpha value is -2.14. The van der Waals surface area contributed by atoms with Gasteiger partial charge in [0.15, 0.2) is 5.13 Å². The van der Waals surface area contributed by atoms with Crippen molar-refractivity contribution in [3.63, 3.8) is 0 Å². The SMILES string of the molecule is O=C1C(=CO)C2c3ccccc3CCC2N1c1nccs1. The molecule has 2 aliphatic rings. The first-order chi connectivity index (χ1) is 10.3. The van der Waals surface area contributed by atoms with Gasteiger partial charge in [0.05, 0.1) is 17.9 Å². The van der Waals surface area contributed by atoms with Gasteiger partial charge in [-0.25, -0.2) is 4.98 Å². The number of nitrogens with zero attached hydrogens (tertiary/aromatic N) is 2. The Labute approximate surface area is 126 Å². The van der Waals surface area contributed by atoms with E-state index >= 15 is 0 Å². The number of aliphatic hydroxyl groups is 1. The fourth-order valence-corrected chi connectivity index (χ4v) is 4.21. The van der Waals surface area contributed by atoms with Gasteiger partial charge in [0.2, 0.25) is 0 Å². The average Bonchev–Trinajstić information content (AvgIpc) is 3.12. The molecule has 21 heavy (non-hydrogen) atoms. The zero-order chi connectivity index (χ0) is 14.4. The number of thiazole rings is 1. The van der Waals surface area contributed by atoms with E-state index in [4.69, 9.17) is 0 Å². The molecule has 1 fully saturated rings. The maximum absolute atomic E-state index is 12.7. The third kappa shape index (κ3) is 1.74. The lowest BCUT2D eigenvalue weighted by molar-refractivity contribution is -0.114. The summed E-state index contributed by atoms with van der Waals surface area (Å²) in [6.07, 6.45) is 4.53. The highest BCUT2D eigenvalue weighted by Gasteiger charge is 2.48. The van der Waals surface area contributed by atoms with Crippen LogP contribution in [-0.2, 0) is 11.2 Å². The van der Waals surface area contributed by atoms with Crippen molar-refractivity contribution in [2.45, 2.75) is 24.8 Å². The first kappa shape index (κ1) is 12.6. The minimum Gasteiger partial charge on any atom is -0.515 e. The largest absolute Gasteiger partial charge is 0.515 e. The molecule has 4 rings (SSSR count). The second-order valence-electron chi connectivity index (χ2n) is 5.36. The van der Waals surface area contributed by atoms with Crippen LogP contribution >= 0.6 is 11.3 Å². The molecule has 0 radical (unpaired) electrons. The number of aryl methyl sites for hydroxylation is 1. The van der Waals surface area contributed by atoms with E-state index in [0.29, 0.717) is 10.7 Å². The Kier molecular flexibility index (Phi) is 2.82. The summed E-state index contributed by atoms with van der Waals surface area (Å²) >= 11 is 1.46. The Morgan fingerprint density at radius 2 is 2.24 bits per heavy atom. The second-order valence-corrected chi connectivity index (χ2v) is 6.23. The van der Waals surface area contributed by atoms with Crippen LogP contribution in [0.3, 0.4) is 0 Å². The number of rotatable bonds is 1. The molecule has 1 aliphatic carbocycles. The Bertz CT molecular complexity index is 724. The molecule has 106 valence electrons. The number of amides is 1. The zero-order valence-corrected chi connectivity index (χ0v) is 12.1. The topological polar surface area (TPSA) is 53.4 Å². The number of aromatic nitrogens is 1. The number of anilines is 1. The van der Waals surface area contributed by atoms with Gasteiger partial charge in [-0.3, -0.25) is 9.69 Å². The van der Waals surface area contributed by atoms with E-state index in [-0.39, 0.29) is 17.9 Å². The van der Waals surface area contributed by atoms with Crippen molar-refractivity contribution in [2.24, 2.45) is 0 Å². The van der Waals surface area contributed by atoms with Crippen LogP contribution in [0.5, 0.6) is 0 Å². The van der Waals surface area contributed by atoms with E-state index in [1.165, 1.54) is 16.9 Å². The molecular weight excluding hydrogens is 284 g/mol. The standard InChI is InChI=1S/C16H14N2O2S/c19-9-12-14-11-4-2-1-3-10(11)5-6-13(14)18(15(12)20)16-17-7-8-21-16/h1-4,7-9,13-14,19H,5-6H2. The minimum atomic E-state index is -0.126.